The van der Waals surface area contributed by atoms with Crippen LogP contribution in [-0.4, -0.2) is 49.0 Å². The number of piperazine rings is 1. The van der Waals surface area contributed by atoms with Crippen LogP contribution < -0.4 is 4.74 Å². The Morgan fingerprint density at radius 2 is 2.04 bits per heavy atom. The summed E-state index contributed by atoms with van der Waals surface area (Å²) >= 11 is 5.25. The third kappa shape index (κ3) is 3.94. The molecule has 1 aromatic heterocycles. The minimum absolute atomic E-state index is 0.0616. The summed E-state index contributed by atoms with van der Waals surface area (Å²) in [6, 6.07) is 9.75. The Morgan fingerprint density at radius 1 is 1.26 bits per heavy atom. The molecule has 1 saturated heterocycles. The fraction of sp³-hybridized carbons (Fsp3) is 0.353. The lowest BCUT2D eigenvalue weighted by atomic mass is 10.1. The van der Waals surface area contributed by atoms with Gasteiger partial charge in [0.25, 0.3) is 5.91 Å². The molecule has 0 unspecified atom stereocenters. The van der Waals surface area contributed by atoms with Crippen molar-refractivity contribution in [3.63, 3.8) is 0 Å². The molecule has 1 aromatic carbocycles. The molecule has 1 aliphatic rings. The van der Waals surface area contributed by atoms with Gasteiger partial charge in [-0.25, -0.2) is 0 Å². The number of halogens is 1. The number of carbonyl (C=O) groups is 1. The molecule has 2 heterocycles. The Balaban J connectivity index is 1.62. The maximum absolute atomic E-state index is 12.7. The van der Waals surface area contributed by atoms with Crippen LogP contribution in [0, 0.1) is 0 Å². The number of benzene rings is 1. The summed E-state index contributed by atoms with van der Waals surface area (Å²) in [5, 5.41) is 2.11. The number of methoxy groups -OCH3 is 1. The number of ether oxygens (including phenoxy) is 1. The lowest BCUT2D eigenvalue weighted by Crippen LogP contribution is -2.48. The van der Waals surface area contributed by atoms with Crippen LogP contribution >= 0.6 is 27.3 Å². The highest BCUT2D eigenvalue weighted by Gasteiger charge is 2.24. The van der Waals surface area contributed by atoms with Gasteiger partial charge in [-0.05, 0) is 45.6 Å². The molecule has 2 aromatic rings. The van der Waals surface area contributed by atoms with E-state index in [1.165, 1.54) is 4.88 Å². The molecule has 1 aliphatic heterocycles. The van der Waals surface area contributed by atoms with Crippen molar-refractivity contribution >= 4 is 33.2 Å². The Hall–Kier alpha value is -1.37. The van der Waals surface area contributed by atoms with E-state index in [2.05, 4.69) is 38.3 Å². The second-order valence-corrected chi connectivity index (χ2v) is 7.38. The molecule has 0 atom stereocenters. The van der Waals surface area contributed by atoms with E-state index in [1.54, 1.807) is 24.5 Å². The Bertz CT molecular complexity index is 667. The van der Waals surface area contributed by atoms with Gasteiger partial charge >= 0.3 is 0 Å². The summed E-state index contributed by atoms with van der Waals surface area (Å²) in [5.41, 5.74) is 0.663. The maximum atomic E-state index is 12.7. The molecular weight excluding hydrogens is 376 g/mol. The number of carbonyl (C=O) groups excluding carboxylic acids is 1. The number of nitrogens with zero attached hydrogens (tertiary/aromatic N) is 2. The zero-order valence-corrected chi connectivity index (χ0v) is 15.4. The zero-order chi connectivity index (χ0) is 16.2. The van der Waals surface area contributed by atoms with Crippen molar-refractivity contribution in [2.45, 2.75) is 6.54 Å². The van der Waals surface area contributed by atoms with E-state index in [-0.39, 0.29) is 5.91 Å². The molecule has 0 bridgehead atoms. The van der Waals surface area contributed by atoms with Crippen molar-refractivity contribution < 1.29 is 9.53 Å². The fourth-order valence-electron chi connectivity index (χ4n) is 2.70. The van der Waals surface area contributed by atoms with E-state index in [4.69, 9.17) is 4.74 Å². The third-order valence-corrected chi connectivity index (χ3v) is 5.58. The van der Waals surface area contributed by atoms with Gasteiger partial charge in [0.15, 0.2) is 0 Å². The summed E-state index contributed by atoms with van der Waals surface area (Å²) in [5.74, 6) is 0.763. The highest BCUT2D eigenvalue weighted by atomic mass is 79.9. The van der Waals surface area contributed by atoms with Gasteiger partial charge in [-0.3, -0.25) is 9.69 Å². The van der Waals surface area contributed by atoms with Crippen molar-refractivity contribution in [1.29, 1.82) is 0 Å². The van der Waals surface area contributed by atoms with E-state index in [9.17, 15) is 4.79 Å². The summed E-state index contributed by atoms with van der Waals surface area (Å²) in [7, 11) is 1.61. The molecule has 6 heteroatoms. The number of hydrogen-bond donors (Lipinski definition) is 0. The van der Waals surface area contributed by atoms with Gasteiger partial charge in [-0.2, -0.15) is 0 Å². The normalized spacial score (nSPS) is 15.7. The second-order valence-electron chi connectivity index (χ2n) is 5.49. The van der Waals surface area contributed by atoms with Crippen LogP contribution in [0.3, 0.4) is 0 Å². The predicted molar refractivity (Wildman–Crippen MR) is 96.2 cm³/mol. The Morgan fingerprint density at radius 3 is 2.70 bits per heavy atom. The number of rotatable bonds is 4. The first-order chi connectivity index (χ1) is 11.2. The van der Waals surface area contributed by atoms with Crippen molar-refractivity contribution in [3.8, 4) is 5.75 Å². The smallest absolute Gasteiger partial charge is 0.255 e. The first-order valence-corrected chi connectivity index (χ1v) is 9.22. The minimum atomic E-state index is 0.0616. The zero-order valence-electron chi connectivity index (χ0n) is 13.0. The van der Waals surface area contributed by atoms with Crippen LogP contribution in [0.25, 0.3) is 0 Å². The van der Waals surface area contributed by atoms with Gasteiger partial charge < -0.3 is 9.64 Å². The summed E-state index contributed by atoms with van der Waals surface area (Å²) in [6.07, 6.45) is 0. The molecule has 0 radical (unpaired) electrons. The largest absolute Gasteiger partial charge is 0.497 e. The van der Waals surface area contributed by atoms with Gasteiger partial charge in [-0.1, -0.05) is 6.07 Å². The molecule has 23 heavy (non-hydrogen) atoms. The standard InChI is InChI=1S/C17H19BrN2O2S/c1-22-13-4-5-16(18)15(11-13)17(21)20-8-6-19(7-9-20)12-14-3-2-10-23-14/h2-5,10-11H,6-9,12H2,1H3. The number of thiophene rings is 1. The number of amides is 1. The molecule has 0 saturated carbocycles. The van der Waals surface area contributed by atoms with E-state index in [0.717, 1.165) is 37.2 Å². The van der Waals surface area contributed by atoms with Crippen LogP contribution in [0.2, 0.25) is 0 Å². The quantitative estimate of drug-likeness (QED) is 0.795. The van der Waals surface area contributed by atoms with Gasteiger partial charge in [0.2, 0.25) is 0 Å². The molecular formula is C17H19BrN2O2S. The summed E-state index contributed by atoms with van der Waals surface area (Å²) in [4.78, 5) is 18.4. The van der Waals surface area contributed by atoms with Crippen molar-refractivity contribution in [1.82, 2.24) is 9.80 Å². The Labute approximate surface area is 148 Å². The van der Waals surface area contributed by atoms with Crippen molar-refractivity contribution in [3.05, 3.63) is 50.6 Å². The van der Waals surface area contributed by atoms with Crippen LogP contribution in [0.15, 0.2) is 40.2 Å². The van der Waals surface area contributed by atoms with E-state index in [0.29, 0.717) is 11.3 Å². The molecule has 0 spiro atoms. The minimum Gasteiger partial charge on any atom is -0.497 e. The summed E-state index contributed by atoms with van der Waals surface area (Å²) < 4.78 is 6.03. The fourth-order valence-corrected chi connectivity index (χ4v) is 3.86. The SMILES string of the molecule is COc1ccc(Br)c(C(=O)N2CCN(Cc3cccs3)CC2)c1. The Kier molecular flexibility index (Phi) is 5.35. The van der Waals surface area contributed by atoms with E-state index < -0.39 is 0 Å². The van der Waals surface area contributed by atoms with Crippen molar-refractivity contribution in [2.75, 3.05) is 33.3 Å². The van der Waals surface area contributed by atoms with E-state index in [1.807, 2.05) is 17.0 Å². The van der Waals surface area contributed by atoms with Gasteiger partial charge in [0.05, 0.1) is 12.7 Å². The molecule has 1 fully saturated rings. The topological polar surface area (TPSA) is 32.8 Å². The molecule has 122 valence electrons. The van der Waals surface area contributed by atoms with E-state index >= 15 is 0 Å². The van der Waals surface area contributed by atoms with Gasteiger partial charge in [0.1, 0.15) is 5.75 Å². The van der Waals surface area contributed by atoms with Crippen molar-refractivity contribution in [2.24, 2.45) is 0 Å². The van der Waals surface area contributed by atoms with Crippen LogP contribution in [0.4, 0.5) is 0 Å². The third-order valence-electron chi connectivity index (χ3n) is 4.02. The molecule has 0 N–H and O–H groups in total. The molecule has 1 amide bonds. The summed E-state index contributed by atoms with van der Waals surface area (Å²) in [6.45, 7) is 4.31. The second kappa shape index (κ2) is 7.47. The number of hydrogen-bond acceptors (Lipinski definition) is 4. The monoisotopic (exact) mass is 394 g/mol. The molecule has 0 aliphatic carbocycles. The van der Waals surface area contributed by atoms with Crippen LogP contribution in [0.5, 0.6) is 5.75 Å². The average molecular weight is 395 g/mol. The van der Waals surface area contributed by atoms with Crippen LogP contribution in [-0.2, 0) is 6.54 Å². The lowest BCUT2D eigenvalue weighted by Gasteiger charge is -2.34. The maximum Gasteiger partial charge on any atom is 0.255 e. The lowest BCUT2D eigenvalue weighted by molar-refractivity contribution is 0.0628. The molecule has 3 rings (SSSR count). The van der Waals surface area contributed by atoms with Gasteiger partial charge in [0, 0.05) is 42.1 Å². The first-order valence-electron chi connectivity index (χ1n) is 7.55. The van der Waals surface area contributed by atoms with Crippen LogP contribution in [0.1, 0.15) is 15.2 Å². The molecule has 4 nitrogen and oxygen atoms in total. The van der Waals surface area contributed by atoms with Gasteiger partial charge in [-0.15, -0.1) is 11.3 Å². The first kappa shape index (κ1) is 16.5. The highest BCUT2D eigenvalue weighted by molar-refractivity contribution is 9.10. The average Bonchev–Trinajstić information content (AvgIpc) is 3.08. The highest BCUT2D eigenvalue weighted by Crippen LogP contribution is 2.24. The predicted octanol–water partition coefficient (Wildman–Crippen LogP) is 3.48.